The second-order valence-electron chi connectivity index (χ2n) is 8.79. The molecule has 1 aromatic carbocycles. The SMILES string of the molecule is COc1ccc2ncc(Cl)c(CCC[C@H]3CCN(CCSc4ncccc4F)C[C@H]3C(=O)O)c2c1. The maximum atomic E-state index is 13.8. The summed E-state index contributed by atoms with van der Waals surface area (Å²) in [6, 6.07) is 8.73. The predicted octanol–water partition coefficient (Wildman–Crippen LogP) is 5.57. The van der Waals surface area contributed by atoms with Gasteiger partial charge in [-0.05, 0) is 74.0 Å². The number of aromatic nitrogens is 2. The van der Waals surface area contributed by atoms with E-state index in [1.807, 2.05) is 18.2 Å². The first-order valence-electron chi connectivity index (χ1n) is 11.8. The summed E-state index contributed by atoms with van der Waals surface area (Å²) < 4.78 is 19.1. The van der Waals surface area contributed by atoms with Crippen LogP contribution in [-0.2, 0) is 11.2 Å². The zero-order chi connectivity index (χ0) is 24.8. The highest BCUT2D eigenvalue weighted by Crippen LogP contribution is 2.32. The average Bonchev–Trinajstić information content (AvgIpc) is 2.86. The molecule has 1 aliphatic heterocycles. The van der Waals surface area contributed by atoms with Crippen LogP contribution >= 0.6 is 23.4 Å². The van der Waals surface area contributed by atoms with Crippen LogP contribution in [0.4, 0.5) is 4.39 Å². The van der Waals surface area contributed by atoms with Crippen LogP contribution in [0.2, 0.25) is 5.02 Å². The van der Waals surface area contributed by atoms with E-state index in [4.69, 9.17) is 16.3 Å². The third kappa shape index (κ3) is 6.42. The van der Waals surface area contributed by atoms with Crippen molar-refractivity contribution in [2.45, 2.75) is 30.7 Å². The normalized spacial score (nSPS) is 18.6. The highest BCUT2D eigenvalue weighted by Gasteiger charge is 2.33. The summed E-state index contributed by atoms with van der Waals surface area (Å²) in [6.07, 6.45) is 6.51. The molecule has 0 bridgehead atoms. The van der Waals surface area contributed by atoms with Crippen LogP contribution in [0, 0.1) is 17.7 Å². The van der Waals surface area contributed by atoms with Crippen molar-refractivity contribution < 1.29 is 19.0 Å². The molecule has 0 unspecified atom stereocenters. The van der Waals surface area contributed by atoms with Gasteiger partial charge in [0.25, 0.3) is 0 Å². The van der Waals surface area contributed by atoms with Gasteiger partial charge in [0.05, 0.1) is 23.6 Å². The summed E-state index contributed by atoms with van der Waals surface area (Å²) in [5.41, 5.74) is 1.89. The van der Waals surface area contributed by atoms with Crippen molar-refractivity contribution in [2.24, 2.45) is 11.8 Å². The number of piperidine rings is 1. The number of halogens is 2. The van der Waals surface area contributed by atoms with Crippen LogP contribution in [0.25, 0.3) is 10.9 Å². The highest BCUT2D eigenvalue weighted by atomic mass is 35.5. The van der Waals surface area contributed by atoms with E-state index in [1.54, 1.807) is 25.6 Å². The van der Waals surface area contributed by atoms with Crippen LogP contribution in [0.5, 0.6) is 5.75 Å². The van der Waals surface area contributed by atoms with E-state index < -0.39 is 11.9 Å². The van der Waals surface area contributed by atoms with Crippen LogP contribution in [0.3, 0.4) is 0 Å². The molecule has 2 aromatic heterocycles. The monoisotopic (exact) mass is 517 g/mol. The van der Waals surface area contributed by atoms with Gasteiger partial charge in [-0.1, -0.05) is 11.6 Å². The summed E-state index contributed by atoms with van der Waals surface area (Å²) >= 11 is 7.85. The number of benzene rings is 1. The molecule has 1 aliphatic rings. The quantitative estimate of drug-likeness (QED) is 0.352. The molecule has 0 saturated carbocycles. The maximum absolute atomic E-state index is 13.8. The van der Waals surface area contributed by atoms with Gasteiger partial charge in [0.2, 0.25) is 0 Å². The van der Waals surface area contributed by atoms with Gasteiger partial charge in [0, 0.05) is 36.6 Å². The minimum Gasteiger partial charge on any atom is -0.497 e. The van der Waals surface area contributed by atoms with Crippen molar-refractivity contribution in [2.75, 3.05) is 32.5 Å². The Morgan fingerprint density at radius 3 is 2.97 bits per heavy atom. The lowest BCUT2D eigenvalue weighted by Crippen LogP contribution is -2.44. The standard InChI is InChI=1S/C26H29ClFN3O3S/c1-34-18-7-8-24-20(14-18)19(22(27)15-30-24)5-2-4-17-9-11-31(16-21(17)26(32)33)12-13-35-25-23(28)6-3-10-29-25/h3,6-8,10,14-15,17,21H,2,4-5,9,11-13,16H2,1H3,(H,32,33)/t17-,21+/m0/s1. The fourth-order valence-electron chi connectivity index (χ4n) is 4.77. The first kappa shape index (κ1) is 25.7. The van der Waals surface area contributed by atoms with E-state index >= 15 is 0 Å². The predicted molar refractivity (Wildman–Crippen MR) is 137 cm³/mol. The number of likely N-dealkylation sites (tertiary alicyclic amines) is 1. The summed E-state index contributed by atoms with van der Waals surface area (Å²) in [5.74, 6) is 0.0590. The fourth-order valence-corrected chi connectivity index (χ4v) is 5.90. The Balaban J connectivity index is 1.33. The van der Waals surface area contributed by atoms with E-state index in [9.17, 15) is 14.3 Å². The summed E-state index contributed by atoms with van der Waals surface area (Å²) in [7, 11) is 1.63. The summed E-state index contributed by atoms with van der Waals surface area (Å²) in [4.78, 5) is 22.7. The Hall–Kier alpha value is -2.42. The first-order valence-corrected chi connectivity index (χ1v) is 13.1. The third-order valence-corrected chi connectivity index (χ3v) is 7.95. The number of carbonyl (C=O) groups is 1. The number of carboxylic acids is 1. The number of aliphatic carboxylic acids is 1. The van der Waals surface area contributed by atoms with Crippen LogP contribution in [0.1, 0.15) is 24.8 Å². The molecule has 35 heavy (non-hydrogen) atoms. The Morgan fingerprint density at radius 1 is 1.34 bits per heavy atom. The fraction of sp³-hybridized carbons (Fsp3) is 0.423. The lowest BCUT2D eigenvalue weighted by atomic mass is 9.81. The number of aryl methyl sites for hydroxylation is 1. The number of methoxy groups -OCH3 is 1. The molecule has 186 valence electrons. The molecule has 9 heteroatoms. The summed E-state index contributed by atoms with van der Waals surface area (Å²) in [5, 5.41) is 11.9. The van der Waals surface area contributed by atoms with Gasteiger partial charge >= 0.3 is 5.97 Å². The van der Waals surface area contributed by atoms with Crippen molar-refractivity contribution in [1.82, 2.24) is 14.9 Å². The van der Waals surface area contributed by atoms with Crippen LogP contribution in [0.15, 0.2) is 47.8 Å². The van der Waals surface area contributed by atoms with E-state index in [2.05, 4.69) is 14.9 Å². The number of fused-ring (bicyclic) bond motifs is 1. The molecule has 3 heterocycles. The molecular weight excluding hydrogens is 489 g/mol. The molecule has 6 nitrogen and oxygen atoms in total. The highest BCUT2D eigenvalue weighted by molar-refractivity contribution is 7.99. The number of hydrogen-bond donors (Lipinski definition) is 1. The summed E-state index contributed by atoms with van der Waals surface area (Å²) in [6.45, 7) is 2.06. The number of pyridine rings is 2. The molecule has 3 aromatic rings. The third-order valence-electron chi connectivity index (χ3n) is 6.66. The van der Waals surface area contributed by atoms with E-state index in [1.165, 1.54) is 17.8 Å². The first-order chi connectivity index (χ1) is 17.0. The zero-order valence-electron chi connectivity index (χ0n) is 19.6. The number of ether oxygens (including phenoxy) is 1. The van der Waals surface area contributed by atoms with Gasteiger partial charge < -0.3 is 14.7 Å². The number of hydrogen-bond acceptors (Lipinski definition) is 6. The molecule has 2 atom stereocenters. The van der Waals surface area contributed by atoms with Gasteiger partial charge in [0.1, 0.15) is 10.8 Å². The smallest absolute Gasteiger partial charge is 0.308 e. The second kappa shape index (κ2) is 12.0. The van der Waals surface area contributed by atoms with Crippen molar-refractivity contribution in [3.8, 4) is 5.75 Å². The van der Waals surface area contributed by atoms with Crippen molar-refractivity contribution in [1.29, 1.82) is 0 Å². The van der Waals surface area contributed by atoms with Crippen LogP contribution in [-0.4, -0.2) is 58.4 Å². The molecule has 1 N–H and O–H groups in total. The van der Waals surface area contributed by atoms with Crippen molar-refractivity contribution >= 4 is 40.2 Å². The van der Waals surface area contributed by atoms with E-state index in [-0.39, 0.29) is 11.7 Å². The van der Waals surface area contributed by atoms with Gasteiger partial charge in [-0.2, -0.15) is 0 Å². The average molecular weight is 518 g/mol. The van der Waals surface area contributed by atoms with Gasteiger partial charge in [-0.25, -0.2) is 9.37 Å². The molecular formula is C26H29ClFN3O3S. The van der Waals surface area contributed by atoms with Crippen molar-refractivity contribution in [3.63, 3.8) is 0 Å². The molecule has 0 radical (unpaired) electrons. The number of carboxylic acid groups (broad SMARTS) is 1. The lowest BCUT2D eigenvalue weighted by Gasteiger charge is -2.36. The molecule has 1 saturated heterocycles. The number of nitrogens with zero attached hydrogens (tertiary/aromatic N) is 3. The molecule has 1 fully saturated rings. The maximum Gasteiger partial charge on any atom is 0.308 e. The van der Waals surface area contributed by atoms with Gasteiger partial charge in [-0.3, -0.25) is 9.78 Å². The van der Waals surface area contributed by atoms with E-state index in [0.717, 1.165) is 54.4 Å². The van der Waals surface area contributed by atoms with Gasteiger partial charge in [-0.15, -0.1) is 11.8 Å². The molecule has 0 aliphatic carbocycles. The minimum atomic E-state index is -0.750. The topological polar surface area (TPSA) is 75.5 Å². The lowest BCUT2D eigenvalue weighted by molar-refractivity contribution is -0.146. The molecule has 0 spiro atoms. The van der Waals surface area contributed by atoms with Crippen LogP contribution < -0.4 is 4.74 Å². The Kier molecular flexibility index (Phi) is 8.81. The molecule has 4 rings (SSSR count). The molecule has 0 amide bonds. The van der Waals surface area contributed by atoms with Gasteiger partial charge in [0.15, 0.2) is 5.82 Å². The zero-order valence-corrected chi connectivity index (χ0v) is 21.2. The van der Waals surface area contributed by atoms with E-state index in [0.29, 0.717) is 28.9 Å². The Labute approximate surface area is 213 Å². The Bertz CT molecular complexity index is 1180. The second-order valence-corrected chi connectivity index (χ2v) is 10.3. The number of rotatable bonds is 10. The number of thioether (sulfide) groups is 1. The minimum absolute atomic E-state index is 0.117. The largest absolute Gasteiger partial charge is 0.497 e. The van der Waals surface area contributed by atoms with Crippen molar-refractivity contribution in [3.05, 3.63) is 59.1 Å². The Morgan fingerprint density at radius 2 is 2.20 bits per heavy atom.